The van der Waals surface area contributed by atoms with Gasteiger partial charge in [-0.25, -0.2) is 9.78 Å². The summed E-state index contributed by atoms with van der Waals surface area (Å²) in [7, 11) is 0. The molecule has 8 heteroatoms. The van der Waals surface area contributed by atoms with Crippen molar-refractivity contribution in [3.8, 4) is 0 Å². The quantitative estimate of drug-likeness (QED) is 0.774. The van der Waals surface area contributed by atoms with Gasteiger partial charge in [-0.15, -0.1) is 0 Å². The first-order valence-corrected chi connectivity index (χ1v) is 7.13. The van der Waals surface area contributed by atoms with E-state index in [1.165, 1.54) is 0 Å². The van der Waals surface area contributed by atoms with Crippen molar-refractivity contribution in [1.82, 2.24) is 10.3 Å². The number of benzene rings is 1. The van der Waals surface area contributed by atoms with E-state index in [0.717, 1.165) is 11.3 Å². The summed E-state index contributed by atoms with van der Waals surface area (Å²) in [4.78, 5) is 38.4. The third kappa shape index (κ3) is 3.89. The molecule has 0 saturated heterocycles. The number of anilines is 1. The molecular weight excluding hydrogens is 306 g/mol. The number of amides is 2. The molecule has 0 unspecified atom stereocenters. The van der Waals surface area contributed by atoms with Crippen LogP contribution in [0.3, 0.4) is 0 Å². The van der Waals surface area contributed by atoms with Crippen LogP contribution < -0.4 is 10.6 Å². The number of aromatic carboxylic acids is 1. The third-order valence-corrected chi connectivity index (χ3v) is 3.74. The minimum atomic E-state index is -1.09. The topological polar surface area (TPSA) is 108 Å². The zero-order chi connectivity index (χ0) is 16.1. The van der Waals surface area contributed by atoms with Crippen LogP contribution in [0.15, 0.2) is 30.3 Å². The Morgan fingerprint density at radius 3 is 2.50 bits per heavy atom. The van der Waals surface area contributed by atoms with Crippen LogP contribution in [-0.4, -0.2) is 34.4 Å². The Balaban J connectivity index is 1.89. The molecule has 22 heavy (non-hydrogen) atoms. The fourth-order valence-electron chi connectivity index (χ4n) is 1.66. The Morgan fingerprint density at radius 2 is 1.91 bits per heavy atom. The smallest absolute Gasteiger partial charge is 0.347 e. The standard InChI is InChI=1S/C14H13N3O4S/c1-8-11(13(20)21)22-14(16-8)17-10(18)7-15-12(19)9-5-3-2-4-6-9/h2-6H,7H2,1H3,(H,15,19)(H,20,21)(H,16,17,18). The number of thiazole rings is 1. The summed E-state index contributed by atoms with van der Waals surface area (Å²) in [5.74, 6) is -1.93. The van der Waals surface area contributed by atoms with E-state index in [-0.39, 0.29) is 22.5 Å². The van der Waals surface area contributed by atoms with Gasteiger partial charge in [0.05, 0.1) is 12.2 Å². The van der Waals surface area contributed by atoms with Crippen LogP contribution in [0.4, 0.5) is 5.13 Å². The number of aryl methyl sites for hydroxylation is 1. The molecule has 3 N–H and O–H groups in total. The molecule has 0 atom stereocenters. The van der Waals surface area contributed by atoms with E-state index in [9.17, 15) is 14.4 Å². The SMILES string of the molecule is Cc1nc(NC(=O)CNC(=O)c2ccccc2)sc1C(=O)O. The lowest BCUT2D eigenvalue weighted by molar-refractivity contribution is -0.115. The van der Waals surface area contributed by atoms with Gasteiger partial charge in [-0.1, -0.05) is 29.5 Å². The number of nitrogens with one attached hydrogen (secondary N) is 2. The predicted octanol–water partition coefficient (Wildman–Crippen LogP) is 1.52. The maximum absolute atomic E-state index is 11.8. The van der Waals surface area contributed by atoms with E-state index in [1.54, 1.807) is 37.3 Å². The highest BCUT2D eigenvalue weighted by Crippen LogP contribution is 2.22. The first kappa shape index (κ1) is 15.6. The molecule has 0 aliphatic rings. The molecule has 2 rings (SSSR count). The molecule has 2 aromatic rings. The highest BCUT2D eigenvalue weighted by Gasteiger charge is 2.15. The summed E-state index contributed by atoms with van der Waals surface area (Å²) < 4.78 is 0. The van der Waals surface area contributed by atoms with Crippen LogP contribution >= 0.6 is 11.3 Å². The van der Waals surface area contributed by atoms with E-state index in [4.69, 9.17) is 5.11 Å². The van der Waals surface area contributed by atoms with Crippen LogP contribution in [0.25, 0.3) is 0 Å². The summed E-state index contributed by atoms with van der Waals surface area (Å²) in [5.41, 5.74) is 0.787. The number of carbonyl (C=O) groups excluding carboxylic acids is 2. The van der Waals surface area contributed by atoms with Crippen molar-refractivity contribution in [3.63, 3.8) is 0 Å². The van der Waals surface area contributed by atoms with Gasteiger partial charge in [-0.3, -0.25) is 9.59 Å². The van der Waals surface area contributed by atoms with E-state index >= 15 is 0 Å². The van der Waals surface area contributed by atoms with Crippen molar-refractivity contribution in [2.75, 3.05) is 11.9 Å². The zero-order valence-electron chi connectivity index (χ0n) is 11.6. The molecule has 0 saturated carbocycles. The van der Waals surface area contributed by atoms with Gasteiger partial charge in [-0.05, 0) is 19.1 Å². The Hall–Kier alpha value is -2.74. The second-order valence-electron chi connectivity index (χ2n) is 4.34. The highest BCUT2D eigenvalue weighted by atomic mass is 32.1. The molecule has 7 nitrogen and oxygen atoms in total. The molecule has 114 valence electrons. The van der Waals surface area contributed by atoms with Crippen molar-refractivity contribution in [1.29, 1.82) is 0 Å². The van der Waals surface area contributed by atoms with Gasteiger partial charge in [0.15, 0.2) is 5.13 Å². The number of hydrogen-bond acceptors (Lipinski definition) is 5. The van der Waals surface area contributed by atoms with Gasteiger partial charge in [0, 0.05) is 5.56 Å². The summed E-state index contributed by atoms with van der Waals surface area (Å²) in [5, 5.41) is 14.0. The van der Waals surface area contributed by atoms with Crippen LogP contribution in [0.1, 0.15) is 25.7 Å². The summed E-state index contributed by atoms with van der Waals surface area (Å²) in [6.07, 6.45) is 0. The van der Waals surface area contributed by atoms with Gasteiger partial charge in [0.1, 0.15) is 4.88 Å². The first-order valence-electron chi connectivity index (χ1n) is 6.31. The fourth-order valence-corrected chi connectivity index (χ4v) is 2.49. The van der Waals surface area contributed by atoms with Gasteiger partial charge >= 0.3 is 5.97 Å². The van der Waals surface area contributed by atoms with Crippen molar-refractivity contribution in [3.05, 3.63) is 46.5 Å². The van der Waals surface area contributed by atoms with Crippen LogP contribution in [-0.2, 0) is 4.79 Å². The Bertz CT molecular complexity index is 712. The van der Waals surface area contributed by atoms with E-state index < -0.39 is 11.9 Å². The fraction of sp³-hybridized carbons (Fsp3) is 0.143. The van der Waals surface area contributed by atoms with Gasteiger partial charge < -0.3 is 15.7 Å². The molecule has 0 fully saturated rings. The molecular formula is C14H13N3O4S. The van der Waals surface area contributed by atoms with E-state index in [0.29, 0.717) is 11.3 Å². The number of nitrogens with zero attached hydrogens (tertiary/aromatic N) is 1. The first-order chi connectivity index (χ1) is 10.5. The van der Waals surface area contributed by atoms with Crippen LogP contribution in [0.5, 0.6) is 0 Å². The van der Waals surface area contributed by atoms with Crippen molar-refractivity contribution < 1.29 is 19.5 Å². The monoisotopic (exact) mass is 319 g/mol. The minimum Gasteiger partial charge on any atom is -0.477 e. The summed E-state index contributed by atoms with van der Waals surface area (Å²) in [6, 6.07) is 8.50. The molecule has 0 spiro atoms. The molecule has 1 aromatic heterocycles. The normalized spacial score (nSPS) is 10.0. The average Bonchev–Trinajstić information content (AvgIpc) is 2.86. The number of carboxylic acid groups (broad SMARTS) is 1. The Labute approximate surface area is 130 Å². The van der Waals surface area contributed by atoms with Gasteiger partial charge in [-0.2, -0.15) is 0 Å². The van der Waals surface area contributed by atoms with E-state index in [2.05, 4.69) is 15.6 Å². The Kier molecular flexibility index (Phi) is 4.84. The lowest BCUT2D eigenvalue weighted by atomic mass is 10.2. The van der Waals surface area contributed by atoms with Crippen molar-refractivity contribution in [2.24, 2.45) is 0 Å². The van der Waals surface area contributed by atoms with E-state index in [1.807, 2.05) is 0 Å². The third-order valence-electron chi connectivity index (χ3n) is 2.68. The maximum atomic E-state index is 11.8. The van der Waals surface area contributed by atoms with Crippen LogP contribution in [0, 0.1) is 6.92 Å². The number of aromatic nitrogens is 1. The molecule has 1 heterocycles. The molecule has 0 radical (unpaired) electrons. The lowest BCUT2D eigenvalue weighted by Crippen LogP contribution is -2.32. The molecule has 1 aromatic carbocycles. The second kappa shape index (κ2) is 6.81. The molecule has 0 aliphatic heterocycles. The van der Waals surface area contributed by atoms with Gasteiger partial charge in [0.25, 0.3) is 5.91 Å². The molecule has 0 bridgehead atoms. The number of carbonyl (C=O) groups is 3. The molecule has 2 amide bonds. The number of carboxylic acids is 1. The number of hydrogen-bond donors (Lipinski definition) is 3. The maximum Gasteiger partial charge on any atom is 0.347 e. The average molecular weight is 319 g/mol. The van der Waals surface area contributed by atoms with Crippen molar-refractivity contribution >= 4 is 34.3 Å². The highest BCUT2D eigenvalue weighted by molar-refractivity contribution is 7.17. The Morgan fingerprint density at radius 1 is 1.23 bits per heavy atom. The lowest BCUT2D eigenvalue weighted by Gasteiger charge is -2.04. The van der Waals surface area contributed by atoms with Crippen LogP contribution in [0.2, 0.25) is 0 Å². The summed E-state index contributed by atoms with van der Waals surface area (Å²) in [6.45, 7) is 1.32. The second-order valence-corrected chi connectivity index (χ2v) is 5.33. The van der Waals surface area contributed by atoms with Gasteiger partial charge in [0.2, 0.25) is 5.91 Å². The predicted molar refractivity (Wildman–Crippen MR) is 81.2 cm³/mol. The number of rotatable bonds is 5. The summed E-state index contributed by atoms with van der Waals surface area (Å²) >= 11 is 0.871. The zero-order valence-corrected chi connectivity index (χ0v) is 12.4. The minimum absolute atomic E-state index is 0.0728. The molecule has 0 aliphatic carbocycles. The van der Waals surface area contributed by atoms with Crippen molar-refractivity contribution in [2.45, 2.75) is 6.92 Å². The largest absolute Gasteiger partial charge is 0.477 e.